The molecule has 0 aliphatic carbocycles. The Morgan fingerprint density at radius 1 is 1.47 bits per heavy atom. The third-order valence-electron chi connectivity index (χ3n) is 3.86. The van der Waals surface area contributed by atoms with Crippen molar-refractivity contribution >= 4 is 11.1 Å². The predicted molar refractivity (Wildman–Crippen MR) is 74.0 cm³/mol. The van der Waals surface area contributed by atoms with Crippen LogP contribution in [0, 0.1) is 5.92 Å². The lowest BCUT2D eigenvalue weighted by Gasteiger charge is -2.25. The summed E-state index contributed by atoms with van der Waals surface area (Å²) in [5, 5.41) is 3.40. The molecule has 1 fully saturated rings. The van der Waals surface area contributed by atoms with Crippen LogP contribution in [0.3, 0.4) is 0 Å². The van der Waals surface area contributed by atoms with Crippen molar-refractivity contribution < 1.29 is 4.42 Å². The number of nitrogens with one attached hydrogen (secondary N) is 2. The molecule has 2 aromatic rings. The zero-order valence-electron chi connectivity index (χ0n) is 10.8. The normalized spacial score (nSPS) is 21.6. The molecule has 2 heterocycles. The topological polar surface area (TPSA) is 84.0 Å². The molecule has 0 bridgehead atoms. The number of aromatic amines is 1. The molecule has 0 radical (unpaired) electrons. The van der Waals surface area contributed by atoms with E-state index in [2.05, 4.69) is 10.3 Å². The summed E-state index contributed by atoms with van der Waals surface area (Å²) in [6, 6.07) is 5.69. The largest absolute Gasteiger partial charge is 0.417 e. The molecule has 3 rings (SSSR count). The first-order valence-electron chi connectivity index (χ1n) is 6.81. The molecule has 0 amide bonds. The standard InChI is InChI=1S/C14H19N3O2/c15-11(6-9-2-1-5-16-8-9)10-3-4-12-13(7-10)19-14(18)17-12/h3-4,7,9,11,16H,1-2,5-6,8,15H2,(H,17,18). The fraction of sp³-hybridized carbons (Fsp3) is 0.500. The molecule has 1 saturated heterocycles. The van der Waals surface area contributed by atoms with Gasteiger partial charge < -0.3 is 15.5 Å². The van der Waals surface area contributed by atoms with Crippen LogP contribution in [0.5, 0.6) is 0 Å². The molecule has 1 aliphatic rings. The van der Waals surface area contributed by atoms with Crippen molar-refractivity contribution in [3.63, 3.8) is 0 Å². The van der Waals surface area contributed by atoms with Crippen molar-refractivity contribution in [3.05, 3.63) is 34.3 Å². The highest BCUT2D eigenvalue weighted by Gasteiger charge is 2.18. The maximum absolute atomic E-state index is 11.1. The van der Waals surface area contributed by atoms with Gasteiger partial charge in [0.05, 0.1) is 5.52 Å². The second kappa shape index (κ2) is 5.19. The first-order valence-corrected chi connectivity index (χ1v) is 6.81. The van der Waals surface area contributed by atoms with Gasteiger partial charge in [-0.1, -0.05) is 6.07 Å². The number of H-pyrrole nitrogens is 1. The highest BCUT2D eigenvalue weighted by atomic mass is 16.4. The molecular weight excluding hydrogens is 242 g/mol. The van der Waals surface area contributed by atoms with E-state index >= 15 is 0 Å². The van der Waals surface area contributed by atoms with E-state index in [0.29, 0.717) is 11.5 Å². The number of fused-ring (bicyclic) bond motifs is 1. The zero-order chi connectivity index (χ0) is 13.2. The Hall–Kier alpha value is -1.59. The van der Waals surface area contributed by atoms with Crippen molar-refractivity contribution in [2.45, 2.75) is 25.3 Å². The summed E-state index contributed by atoms with van der Waals surface area (Å²) < 4.78 is 5.07. The molecule has 2 unspecified atom stereocenters. The predicted octanol–water partition coefficient (Wildman–Crippen LogP) is 1.51. The molecule has 2 atom stereocenters. The Morgan fingerprint density at radius 2 is 2.37 bits per heavy atom. The summed E-state index contributed by atoms with van der Waals surface area (Å²) in [5.41, 5.74) is 8.60. The molecule has 5 nitrogen and oxygen atoms in total. The second-order valence-electron chi connectivity index (χ2n) is 5.32. The van der Waals surface area contributed by atoms with Crippen LogP contribution in [-0.2, 0) is 0 Å². The number of nitrogens with two attached hydrogens (primary N) is 1. The summed E-state index contributed by atoms with van der Waals surface area (Å²) in [5.74, 6) is 0.217. The number of rotatable bonds is 3. The lowest BCUT2D eigenvalue weighted by atomic mass is 9.90. The van der Waals surface area contributed by atoms with Gasteiger partial charge in [0.15, 0.2) is 5.58 Å². The second-order valence-corrected chi connectivity index (χ2v) is 5.32. The summed E-state index contributed by atoms with van der Waals surface area (Å²) in [6.07, 6.45) is 3.43. The quantitative estimate of drug-likeness (QED) is 0.782. The third-order valence-corrected chi connectivity index (χ3v) is 3.86. The van der Waals surface area contributed by atoms with Crippen LogP contribution in [-0.4, -0.2) is 18.1 Å². The Bertz CT molecular complexity index is 610. The maximum atomic E-state index is 11.1. The first kappa shape index (κ1) is 12.4. The van der Waals surface area contributed by atoms with E-state index in [0.717, 1.165) is 30.6 Å². The van der Waals surface area contributed by atoms with Crippen LogP contribution in [0.2, 0.25) is 0 Å². The molecule has 1 aromatic heterocycles. The summed E-state index contributed by atoms with van der Waals surface area (Å²) in [6.45, 7) is 2.17. The van der Waals surface area contributed by atoms with Gasteiger partial charge in [0.1, 0.15) is 0 Å². The van der Waals surface area contributed by atoms with Crippen molar-refractivity contribution in [3.8, 4) is 0 Å². The number of benzene rings is 1. The molecule has 0 saturated carbocycles. The summed E-state index contributed by atoms with van der Waals surface area (Å²) in [4.78, 5) is 13.8. The van der Waals surface area contributed by atoms with E-state index in [1.807, 2.05) is 18.2 Å². The molecular formula is C14H19N3O2. The van der Waals surface area contributed by atoms with Crippen LogP contribution in [0.1, 0.15) is 30.9 Å². The fourth-order valence-corrected chi connectivity index (χ4v) is 2.81. The Kier molecular flexibility index (Phi) is 3.40. The Labute approximate surface area is 111 Å². The minimum Gasteiger partial charge on any atom is -0.408 e. The Balaban J connectivity index is 1.76. The molecule has 102 valence electrons. The van der Waals surface area contributed by atoms with E-state index in [4.69, 9.17) is 10.2 Å². The highest BCUT2D eigenvalue weighted by molar-refractivity contribution is 5.72. The number of piperidine rings is 1. The van der Waals surface area contributed by atoms with E-state index < -0.39 is 5.76 Å². The number of hydrogen-bond acceptors (Lipinski definition) is 4. The monoisotopic (exact) mass is 261 g/mol. The minimum atomic E-state index is -0.419. The SMILES string of the molecule is NC(CC1CCCNC1)c1ccc2[nH]c(=O)oc2c1. The highest BCUT2D eigenvalue weighted by Crippen LogP contribution is 2.25. The lowest BCUT2D eigenvalue weighted by molar-refractivity contribution is 0.337. The fourth-order valence-electron chi connectivity index (χ4n) is 2.81. The van der Waals surface area contributed by atoms with Crippen LogP contribution >= 0.6 is 0 Å². The van der Waals surface area contributed by atoms with Gasteiger partial charge in [-0.3, -0.25) is 4.98 Å². The van der Waals surface area contributed by atoms with E-state index in [1.165, 1.54) is 12.8 Å². The summed E-state index contributed by atoms with van der Waals surface area (Å²) in [7, 11) is 0. The van der Waals surface area contributed by atoms with Crippen LogP contribution in [0.4, 0.5) is 0 Å². The van der Waals surface area contributed by atoms with Gasteiger partial charge in [0, 0.05) is 6.04 Å². The van der Waals surface area contributed by atoms with Crippen molar-refractivity contribution in [2.75, 3.05) is 13.1 Å². The molecule has 19 heavy (non-hydrogen) atoms. The van der Waals surface area contributed by atoms with E-state index in [-0.39, 0.29) is 6.04 Å². The number of aromatic nitrogens is 1. The van der Waals surface area contributed by atoms with Gasteiger partial charge in [-0.15, -0.1) is 0 Å². The lowest BCUT2D eigenvalue weighted by Crippen LogP contribution is -2.31. The van der Waals surface area contributed by atoms with Crippen LogP contribution in [0.25, 0.3) is 11.1 Å². The van der Waals surface area contributed by atoms with Crippen LogP contribution in [0.15, 0.2) is 27.4 Å². The molecule has 1 aliphatic heterocycles. The molecule has 0 spiro atoms. The van der Waals surface area contributed by atoms with Gasteiger partial charge in [-0.05, 0) is 56.0 Å². The van der Waals surface area contributed by atoms with Gasteiger partial charge >= 0.3 is 5.76 Å². The van der Waals surface area contributed by atoms with Gasteiger partial charge in [-0.2, -0.15) is 0 Å². The minimum absolute atomic E-state index is 0.00509. The van der Waals surface area contributed by atoms with Gasteiger partial charge in [0.25, 0.3) is 0 Å². The van der Waals surface area contributed by atoms with Gasteiger partial charge in [-0.25, -0.2) is 4.79 Å². The van der Waals surface area contributed by atoms with Crippen LogP contribution < -0.4 is 16.8 Å². The molecule has 1 aromatic carbocycles. The number of hydrogen-bond donors (Lipinski definition) is 3. The number of oxazole rings is 1. The molecule has 5 heteroatoms. The van der Waals surface area contributed by atoms with E-state index in [1.54, 1.807) is 0 Å². The zero-order valence-corrected chi connectivity index (χ0v) is 10.8. The average molecular weight is 261 g/mol. The Morgan fingerprint density at radius 3 is 3.16 bits per heavy atom. The van der Waals surface area contributed by atoms with Gasteiger partial charge in [0.2, 0.25) is 0 Å². The maximum Gasteiger partial charge on any atom is 0.417 e. The van der Waals surface area contributed by atoms with E-state index in [9.17, 15) is 4.79 Å². The van der Waals surface area contributed by atoms with Crippen molar-refractivity contribution in [1.82, 2.24) is 10.3 Å². The third kappa shape index (κ3) is 2.72. The molecule has 4 N–H and O–H groups in total. The summed E-state index contributed by atoms with van der Waals surface area (Å²) >= 11 is 0. The van der Waals surface area contributed by atoms with Crippen molar-refractivity contribution in [1.29, 1.82) is 0 Å². The van der Waals surface area contributed by atoms with Crippen molar-refractivity contribution in [2.24, 2.45) is 11.7 Å². The average Bonchev–Trinajstić information content (AvgIpc) is 2.78. The smallest absolute Gasteiger partial charge is 0.408 e. The first-order chi connectivity index (χ1) is 9.22.